The van der Waals surface area contributed by atoms with Gasteiger partial charge in [-0.15, -0.1) is 0 Å². The molecule has 0 bridgehead atoms. The first-order valence-corrected chi connectivity index (χ1v) is 8.20. The number of aryl methyl sites for hydroxylation is 1. The van der Waals surface area contributed by atoms with Crippen molar-refractivity contribution in [3.63, 3.8) is 0 Å². The van der Waals surface area contributed by atoms with Crippen LogP contribution in [0.1, 0.15) is 18.9 Å². The Labute approximate surface area is 120 Å². The van der Waals surface area contributed by atoms with Gasteiger partial charge in [0.1, 0.15) is 4.90 Å². The predicted molar refractivity (Wildman–Crippen MR) is 78.9 cm³/mol. The van der Waals surface area contributed by atoms with Gasteiger partial charge < -0.3 is 10.5 Å². The summed E-state index contributed by atoms with van der Waals surface area (Å²) >= 11 is 0. The quantitative estimate of drug-likeness (QED) is 0.861. The van der Waals surface area contributed by atoms with Crippen molar-refractivity contribution >= 4 is 15.7 Å². The van der Waals surface area contributed by atoms with Gasteiger partial charge in [-0.1, -0.05) is 19.1 Å². The summed E-state index contributed by atoms with van der Waals surface area (Å²) in [6.45, 7) is 4.74. The van der Waals surface area contributed by atoms with Crippen molar-refractivity contribution in [2.75, 3.05) is 25.9 Å². The molecule has 2 rings (SSSR count). The van der Waals surface area contributed by atoms with Crippen molar-refractivity contribution in [2.45, 2.75) is 31.3 Å². The molecule has 20 heavy (non-hydrogen) atoms. The van der Waals surface area contributed by atoms with Gasteiger partial charge in [0.05, 0.1) is 11.8 Å². The van der Waals surface area contributed by atoms with E-state index in [1.807, 2.05) is 0 Å². The molecule has 1 heterocycles. The summed E-state index contributed by atoms with van der Waals surface area (Å²) in [5.41, 5.74) is 6.85. The fourth-order valence-corrected chi connectivity index (χ4v) is 4.48. The van der Waals surface area contributed by atoms with Crippen LogP contribution in [0.15, 0.2) is 23.1 Å². The van der Waals surface area contributed by atoms with Crippen molar-refractivity contribution in [1.82, 2.24) is 4.31 Å². The van der Waals surface area contributed by atoms with Crippen LogP contribution in [0.4, 0.5) is 5.69 Å². The highest BCUT2D eigenvalue weighted by Crippen LogP contribution is 2.29. The minimum atomic E-state index is -3.56. The maximum absolute atomic E-state index is 12.8. The number of anilines is 1. The Morgan fingerprint density at radius 2 is 2.10 bits per heavy atom. The Kier molecular flexibility index (Phi) is 4.36. The predicted octanol–water partition coefficient (Wildman–Crippen LogP) is 1.62. The number of nitrogens with two attached hydrogens (primary N) is 1. The van der Waals surface area contributed by atoms with Crippen LogP contribution in [-0.2, 0) is 14.8 Å². The van der Waals surface area contributed by atoms with Crippen LogP contribution < -0.4 is 5.73 Å². The zero-order chi connectivity index (χ0) is 14.9. The number of sulfonamides is 1. The van der Waals surface area contributed by atoms with Gasteiger partial charge in [0.15, 0.2) is 0 Å². The molecule has 0 aromatic heterocycles. The van der Waals surface area contributed by atoms with Crippen LogP contribution in [0.2, 0.25) is 0 Å². The minimum absolute atomic E-state index is 0.0660. The lowest BCUT2D eigenvalue weighted by molar-refractivity contribution is 0.0184. The van der Waals surface area contributed by atoms with E-state index in [-0.39, 0.29) is 11.0 Å². The standard InChI is InChI=1S/C14H22N2O3S/c1-10-7-8-16(9-13(10)19-3)20(17,18)14-11(2)5-4-6-12(14)15/h4-6,10,13H,7-9,15H2,1-3H3. The van der Waals surface area contributed by atoms with Crippen molar-refractivity contribution < 1.29 is 13.2 Å². The molecule has 2 N–H and O–H groups in total. The molecular weight excluding hydrogens is 276 g/mol. The molecule has 1 aromatic carbocycles. The smallest absolute Gasteiger partial charge is 0.245 e. The molecule has 2 atom stereocenters. The van der Waals surface area contributed by atoms with E-state index in [2.05, 4.69) is 6.92 Å². The van der Waals surface area contributed by atoms with Crippen LogP contribution >= 0.6 is 0 Å². The zero-order valence-corrected chi connectivity index (χ0v) is 13.0. The highest BCUT2D eigenvalue weighted by atomic mass is 32.2. The van der Waals surface area contributed by atoms with Gasteiger partial charge in [-0.05, 0) is 30.9 Å². The molecular formula is C14H22N2O3S. The van der Waals surface area contributed by atoms with Crippen LogP contribution in [0.3, 0.4) is 0 Å². The number of benzene rings is 1. The van der Waals surface area contributed by atoms with Gasteiger partial charge >= 0.3 is 0 Å². The molecule has 0 radical (unpaired) electrons. The summed E-state index contributed by atoms with van der Waals surface area (Å²) in [6, 6.07) is 5.16. The largest absolute Gasteiger partial charge is 0.398 e. The van der Waals surface area contributed by atoms with E-state index in [0.717, 1.165) is 6.42 Å². The minimum Gasteiger partial charge on any atom is -0.398 e. The van der Waals surface area contributed by atoms with E-state index >= 15 is 0 Å². The third-order valence-corrected chi connectivity index (χ3v) is 6.08. The lowest BCUT2D eigenvalue weighted by Crippen LogP contribution is -2.46. The highest BCUT2D eigenvalue weighted by Gasteiger charge is 2.35. The molecule has 0 spiro atoms. The van der Waals surface area contributed by atoms with Crippen molar-refractivity contribution in [3.8, 4) is 0 Å². The maximum Gasteiger partial charge on any atom is 0.245 e. The third kappa shape index (κ3) is 2.68. The molecule has 0 amide bonds. The Hall–Kier alpha value is -1.11. The van der Waals surface area contributed by atoms with E-state index < -0.39 is 10.0 Å². The van der Waals surface area contributed by atoms with Crippen LogP contribution in [-0.4, -0.2) is 39.0 Å². The molecule has 1 aromatic rings. The topological polar surface area (TPSA) is 72.6 Å². The number of ether oxygens (including phenoxy) is 1. The SMILES string of the molecule is COC1CN(S(=O)(=O)c2c(C)cccc2N)CCC1C. The van der Waals surface area contributed by atoms with Crippen LogP contribution in [0.25, 0.3) is 0 Å². The van der Waals surface area contributed by atoms with E-state index in [1.54, 1.807) is 32.2 Å². The van der Waals surface area contributed by atoms with Crippen LogP contribution in [0, 0.1) is 12.8 Å². The van der Waals surface area contributed by atoms with E-state index in [0.29, 0.717) is 30.3 Å². The lowest BCUT2D eigenvalue weighted by atomic mass is 9.97. The Balaban J connectivity index is 2.36. The summed E-state index contributed by atoms with van der Waals surface area (Å²) in [7, 11) is -1.94. The summed E-state index contributed by atoms with van der Waals surface area (Å²) < 4.78 is 32.4. The molecule has 1 fully saturated rings. The van der Waals surface area contributed by atoms with Gasteiger partial charge in [0, 0.05) is 20.2 Å². The van der Waals surface area contributed by atoms with Crippen molar-refractivity contribution in [1.29, 1.82) is 0 Å². The summed E-state index contributed by atoms with van der Waals surface area (Å²) in [5.74, 6) is 0.362. The first-order valence-electron chi connectivity index (χ1n) is 6.76. The molecule has 6 heteroatoms. The Bertz CT molecular complexity index is 566. The third-order valence-electron chi connectivity index (χ3n) is 4.00. The second-order valence-corrected chi connectivity index (χ2v) is 7.27. The van der Waals surface area contributed by atoms with Gasteiger partial charge in [-0.2, -0.15) is 4.31 Å². The summed E-state index contributed by atoms with van der Waals surface area (Å²) in [5, 5.41) is 0. The normalized spacial score (nSPS) is 24.8. The lowest BCUT2D eigenvalue weighted by Gasteiger charge is -2.35. The molecule has 0 aliphatic carbocycles. The van der Waals surface area contributed by atoms with Crippen molar-refractivity contribution in [2.24, 2.45) is 5.92 Å². The van der Waals surface area contributed by atoms with E-state index in [4.69, 9.17) is 10.5 Å². The van der Waals surface area contributed by atoms with Crippen LogP contribution in [0.5, 0.6) is 0 Å². The molecule has 112 valence electrons. The van der Waals surface area contributed by atoms with E-state index in [9.17, 15) is 8.42 Å². The molecule has 0 saturated carbocycles. The molecule has 2 unspecified atom stereocenters. The molecule has 1 aliphatic heterocycles. The molecule has 1 aliphatic rings. The Morgan fingerprint density at radius 1 is 1.40 bits per heavy atom. The zero-order valence-electron chi connectivity index (χ0n) is 12.2. The summed E-state index contributed by atoms with van der Waals surface area (Å²) in [6.07, 6.45) is 0.729. The number of hydrogen-bond donors (Lipinski definition) is 1. The average molecular weight is 298 g/mol. The van der Waals surface area contributed by atoms with Gasteiger partial charge in [0.25, 0.3) is 0 Å². The van der Waals surface area contributed by atoms with Crippen molar-refractivity contribution in [3.05, 3.63) is 23.8 Å². The van der Waals surface area contributed by atoms with Gasteiger partial charge in [-0.25, -0.2) is 8.42 Å². The maximum atomic E-state index is 12.8. The molecule has 5 nitrogen and oxygen atoms in total. The highest BCUT2D eigenvalue weighted by molar-refractivity contribution is 7.89. The van der Waals surface area contributed by atoms with Gasteiger partial charge in [-0.3, -0.25) is 0 Å². The summed E-state index contributed by atoms with van der Waals surface area (Å²) in [4.78, 5) is 0.226. The Morgan fingerprint density at radius 3 is 2.70 bits per heavy atom. The first kappa shape index (κ1) is 15.3. The number of hydrogen-bond acceptors (Lipinski definition) is 4. The number of nitrogens with zero attached hydrogens (tertiary/aromatic N) is 1. The van der Waals surface area contributed by atoms with Gasteiger partial charge in [0.2, 0.25) is 10.0 Å². The van der Waals surface area contributed by atoms with E-state index in [1.165, 1.54) is 4.31 Å². The number of nitrogen functional groups attached to an aromatic ring is 1. The fourth-order valence-electron chi connectivity index (χ4n) is 2.69. The molecule has 1 saturated heterocycles. The second-order valence-electron chi connectivity index (χ2n) is 5.40. The fraction of sp³-hybridized carbons (Fsp3) is 0.571. The average Bonchev–Trinajstić information content (AvgIpc) is 2.38. The number of piperidine rings is 1. The monoisotopic (exact) mass is 298 g/mol. The first-order chi connectivity index (χ1) is 9.37. The number of methoxy groups -OCH3 is 1. The number of rotatable bonds is 3. The second kappa shape index (κ2) is 5.71.